The normalized spacial score (nSPS) is 12.3. The van der Waals surface area contributed by atoms with Gasteiger partial charge in [-0.3, -0.25) is 14.2 Å². The quantitative estimate of drug-likeness (QED) is 0.525. The fourth-order valence-corrected chi connectivity index (χ4v) is 3.84. The van der Waals surface area contributed by atoms with Crippen molar-refractivity contribution >= 4 is 34.4 Å². The highest BCUT2D eigenvalue weighted by Gasteiger charge is 2.31. The molecule has 0 aliphatic rings. The van der Waals surface area contributed by atoms with Gasteiger partial charge in [-0.05, 0) is 49.2 Å². The molecule has 0 aliphatic heterocycles. The molecular weight excluding hydrogens is 416 g/mol. The Bertz CT molecular complexity index is 1160. The van der Waals surface area contributed by atoms with Gasteiger partial charge in [-0.25, -0.2) is 8.78 Å². The maximum absolute atomic E-state index is 14.9. The van der Waals surface area contributed by atoms with E-state index in [-0.39, 0.29) is 39.2 Å². The van der Waals surface area contributed by atoms with E-state index in [1.807, 2.05) is 6.92 Å². The number of phenols is 1. The van der Waals surface area contributed by atoms with E-state index >= 15 is 0 Å². The maximum Gasteiger partial charge on any atom is 0.311 e. The van der Waals surface area contributed by atoms with Crippen molar-refractivity contribution < 1.29 is 28.6 Å². The van der Waals surface area contributed by atoms with Crippen molar-refractivity contribution in [1.29, 1.82) is 0 Å². The SMILES string of the molecule is CCCC[C@H](C(=O)O)c1c(C)n(C(=O)c2ccc(Cl)c(F)c2)c2ccc(O)c(F)c12. The van der Waals surface area contributed by atoms with Crippen LogP contribution in [0.4, 0.5) is 8.78 Å². The molecule has 0 unspecified atom stereocenters. The maximum atomic E-state index is 14.9. The zero-order valence-electron chi connectivity index (χ0n) is 16.4. The second-order valence-electron chi connectivity index (χ2n) is 7.09. The van der Waals surface area contributed by atoms with E-state index in [1.165, 1.54) is 25.1 Å². The lowest BCUT2D eigenvalue weighted by Crippen LogP contribution is -2.16. The van der Waals surface area contributed by atoms with Crippen LogP contribution in [-0.2, 0) is 4.79 Å². The van der Waals surface area contributed by atoms with Crippen LogP contribution in [0.3, 0.4) is 0 Å². The highest BCUT2D eigenvalue weighted by Crippen LogP contribution is 2.39. The summed E-state index contributed by atoms with van der Waals surface area (Å²) in [5, 5.41) is 19.4. The van der Waals surface area contributed by atoms with Crippen LogP contribution in [0.5, 0.6) is 5.75 Å². The summed E-state index contributed by atoms with van der Waals surface area (Å²) in [6.07, 6.45) is 1.56. The van der Waals surface area contributed by atoms with E-state index < -0.39 is 35.2 Å². The number of benzene rings is 2. The van der Waals surface area contributed by atoms with Gasteiger partial charge >= 0.3 is 5.97 Å². The summed E-state index contributed by atoms with van der Waals surface area (Å²) >= 11 is 5.69. The molecule has 0 radical (unpaired) electrons. The highest BCUT2D eigenvalue weighted by molar-refractivity contribution is 6.30. The van der Waals surface area contributed by atoms with Gasteiger partial charge in [-0.1, -0.05) is 31.4 Å². The van der Waals surface area contributed by atoms with Gasteiger partial charge < -0.3 is 10.2 Å². The number of halogens is 3. The smallest absolute Gasteiger partial charge is 0.311 e. The van der Waals surface area contributed by atoms with Gasteiger partial charge in [0, 0.05) is 16.6 Å². The summed E-state index contributed by atoms with van der Waals surface area (Å²) in [7, 11) is 0. The Labute approximate surface area is 176 Å². The molecule has 2 aromatic carbocycles. The van der Waals surface area contributed by atoms with E-state index in [0.29, 0.717) is 6.42 Å². The molecule has 8 heteroatoms. The number of hydrogen-bond acceptors (Lipinski definition) is 3. The Kier molecular flexibility index (Phi) is 6.12. The molecule has 0 saturated carbocycles. The standard InChI is InChI=1S/C22H20ClF2NO4/c1-3-4-5-13(22(29)30)18-11(2)26(16-8-9-17(27)20(25)19(16)18)21(28)12-6-7-14(23)15(24)10-12/h6-10,13,27H,3-5H2,1-2H3,(H,29,30)/t13-/m0/s1. The van der Waals surface area contributed by atoms with Crippen LogP contribution < -0.4 is 0 Å². The lowest BCUT2D eigenvalue weighted by molar-refractivity contribution is -0.139. The molecule has 3 rings (SSSR count). The number of carbonyl (C=O) groups is 2. The molecule has 2 N–H and O–H groups in total. The molecule has 0 spiro atoms. The van der Waals surface area contributed by atoms with Crippen LogP contribution in [0.2, 0.25) is 5.02 Å². The molecule has 3 aromatic rings. The number of carboxylic acids is 1. The van der Waals surface area contributed by atoms with Crippen molar-refractivity contribution in [3.8, 4) is 5.75 Å². The number of carboxylic acid groups (broad SMARTS) is 1. The molecule has 1 atom stereocenters. The minimum absolute atomic E-state index is 0.0302. The monoisotopic (exact) mass is 435 g/mol. The molecule has 30 heavy (non-hydrogen) atoms. The molecule has 0 fully saturated rings. The number of carbonyl (C=O) groups excluding carboxylic acids is 1. The first kappa shape index (κ1) is 21.8. The number of aromatic nitrogens is 1. The van der Waals surface area contributed by atoms with Crippen molar-refractivity contribution in [2.24, 2.45) is 0 Å². The van der Waals surface area contributed by atoms with Crippen molar-refractivity contribution in [2.45, 2.75) is 39.0 Å². The van der Waals surface area contributed by atoms with Crippen molar-refractivity contribution in [3.63, 3.8) is 0 Å². The predicted octanol–water partition coefficient (Wildman–Crippen LogP) is 5.63. The Morgan fingerprint density at radius 1 is 1.20 bits per heavy atom. The van der Waals surface area contributed by atoms with E-state index in [4.69, 9.17) is 11.6 Å². The van der Waals surface area contributed by atoms with Crippen LogP contribution >= 0.6 is 11.6 Å². The van der Waals surface area contributed by atoms with Crippen LogP contribution in [0.25, 0.3) is 10.9 Å². The molecule has 5 nitrogen and oxygen atoms in total. The third-order valence-corrected chi connectivity index (χ3v) is 5.50. The zero-order valence-corrected chi connectivity index (χ0v) is 17.1. The number of unbranched alkanes of at least 4 members (excludes halogenated alkanes) is 1. The van der Waals surface area contributed by atoms with Gasteiger partial charge in [0.1, 0.15) is 5.82 Å². The number of nitrogens with zero attached hydrogens (tertiary/aromatic N) is 1. The van der Waals surface area contributed by atoms with Crippen LogP contribution in [0.1, 0.15) is 53.7 Å². The number of phenolic OH excluding ortho intramolecular Hbond substituents is 1. The van der Waals surface area contributed by atoms with Gasteiger partial charge in [0.05, 0.1) is 16.5 Å². The average molecular weight is 436 g/mol. The largest absolute Gasteiger partial charge is 0.505 e. The highest BCUT2D eigenvalue weighted by atomic mass is 35.5. The van der Waals surface area contributed by atoms with Gasteiger partial charge in [-0.15, -0.1) is 0 Å². The minimum atomic E-state index is -1.15. The Morgan fingerprint density at radius 3 is 2.50 bits per heavy atom. The first-order chi connectivity index (χ1) is 14.2. The molecule has 1 heterocycles. The summed E-state index contributed by atoms with van der Waals surface area (Å²) < 4.78 is 30.0. The Balaban J connectivity index is 2.32. The summed E-state index contributed by atoms with van der Waals surface area (Å²) in [6, 6.07) is 5.97. The number of aromatic hydroxyl groups is 1. The molecular formula is C22H20ClF2NO4. The Morgan fingerprint density at radius 2 is 1.90 bits per heavy atom. The third-order valence-electron chi connectivity index (χ3n) is 5.20. The van der Waals surface area contributed by atoms with E-state index in [9.17, 15) is 28.6 Å². The number of hydrogen-bond donors (Lipinski definition) is 2. The van der Waals surface area contributed by atoms with Crippen LogP contribution in [0, 0.1) is 18.6 Å². The van der Waals surface area contributed by atoms with Crippen LogP contribution in [-0.4, -0.2) is 26.7 Å². The third kappa shape index (κ3) is 3.65. The molecule has 158 valence electrons. The molecule has 0 amide bonds. The first-order valence-corrected chi connectivity index (χ1v) is 9.81. The van der Waals surface area contributed by atoms with Gasteiger partial charge in [0.15, 0.2) is 11.6 Å². The second kappa shape index (κ2) is 8.44. The lowest BCUT2D eigenvalue weighted by atomic mass is 9.91. The predicted molar refractivity (Wildman–Crippen MR) is 109 cm³/mol. The van der Waals surface area contributed by atoms with Crippen molar-refractivity contribution in [2.75, 3.05) is 0 Å². The second-order valence-corrected chi connectivity index (χ2v) is 7.50. The van der Waals surface area contributed by atoms with Crippen LogP contribution in [0.15, 0.2) is 30.3 Å². The molecule has 1 aromatic heterocycles. The summed E-state index contributed by atoms with van der Waals surface area (Å²) in [6.45, 7) is 3.41. The lowest BCUT2D eigenvalue weighted by Gasteiger charge is -2.14. The average Bonchev–Trinajstić information content (AvgIpc) is 2.99. The minimum Gasteiger partial charge on any atom is -0.505 e. The molecule has 0 aliphatic carbocycles. The fraction of sp³-hybridized carbons (Fsp3) is 0.273. The molecule has 0 saturated heterocycles. The fourth-order valence-electron chi connectivity index (χ4n) is 3.73. The van der Waals surface area contributed by atoms with Crippen molar-refractivity contribution in [3.05, 3.63) is 63.8 Å². The summed E-state index contributed by atoms with van der Waals surface area (Å²) in [5.74, 6) is -5.32. The molecule has 0 bridgehead atoms. The topological polar surface area (TPSA) is 79.5 Å². The van der Waals surface area contributed by atoms with Gasteiger partial charge in [0.2, 0.25) is 0 Å². The van der Waals surface area contributed by atoms with Crippen molar-refractivity contribution in [1.82, 2.24) is 4.57 Å². The van der Waals surface area contributed by atoms with E-state index in [2.05, 4.69) is 0 Å². The van der Waals surface area contributed by atoms with E-state index in [0.717, 1.165) is 23.1 Å². The zero-order chi connectivity index (χ0) is 22.2. The number of aliphatic carboxylic acids is 1. The summed E-state index contributed by atoms with van der Waals surface area (Å²) in [4.78, 5) is 25.2. The number of rotatable bonds is 6. The first-order valence-electron chi connectivity index (χ1n) is 9.43. The summed E-state index contributed by atoms with van der Waals surface area (Å²) in [5.41, 5.74) is 0.416. The Hall–Kier alpha value is -2.93. The van der Waals surface area contributed by atoms with Gasteiger partial charge in [0.25, 0.3) is 5.91 Å². The van der Waals surface area contributed by atoms with E-state index in [1.54, 1.807) is 0 Å². The van der Waals surface area contributed by atoms with Gasteiger partial charge in [-0.2, -0.15) is 0 Å². The number of fused-ring (bicyclic) bond motifs is 1.